The molecule has 0 amide bonds. The Balaban J connectivity index is 1.28. The van der Waals surface area contributed by atoms with Gasteiger partial charge in [-0.3, -0.25) is 4.90 Å². The highest BCUT2D eigenvalue weighted by Gasteiger charge is 2.34. The van der Waals surface area contributed by atoms with Crippen molar-refractivity contribution in [2.45, 2.75) is 57.4 Å². The van der Waals surface area contributed by atoms with E-state index in [0.717, 1.165) is 38.9 Å². The lowest BCUT2D eigenvalue weighted by molar-refractivity contribution is -0.0686. The Morgan fingerprint density at radius 3 is 2.45 bits per heavy atom. The molecule has 4 aromatic rings. The van der Waals surface area contributed by atoms with Crippen molar-refractivity contribution in [3.8, 4) is 22.9 Å². The van der Waals surface area contributed by atoms with Crippen molar-refractivity contribution < 1.29 is 23.4 Å². The molecule has 7 rings (SSSR count). The van der Waals surface area contributed by atoms with E-state index in [2.05, 4.69) is 33.9 Å². The summed E-state index contributed by atoms with van der Waals surface area (Å²) in [6.45, 7) is 8.48. The van der Waals surface area contributed by atoms with Crippen LogP contribution in [0, 0.1) is 11.6 Å². The molecule has 1 aromatic heterocycles. The number of hydrogen-bond acceptors (Lipinski definition) is 8. The summed E-state index contributed by atoms with van der Waals surface area (Å²) in [4.78, 5) is 13.8. The lowest BCUT2D eigenvalue weighted by Gasteiger charge is -2.35. The number of hydrogen-bond donors (Lipinski definition) is 2. The van der Waals surface area contributed by atoms with Crippen LogP contribution in [0.5, 0.6) is 11.8 Å². The molecule has 44 heavy (non-hydrogen) atoms. The van der Waals surface area contributed by atoms with E-state index in [9.17, 15) is 5.11 Å². The first kappa shape index (κ1) is 29.4. The van der Waals surface area contributed by atoms with Gasteiger partial charge in [-0.2, -0.15) is 9.97 Å². The lowest BCUT2D eigenvalue weighted by atomic mass is 9.95. The van der Waals surface area contributed by atoms with Crippen molar-refractivity contribution in [1.82, 2.24) is 20.2 Å². The number of halogens is 3. The van der Waals surface area contributed by atoms with Gasteiger partial charge in [0.15, 0.2) is 17.4 Å². The highest BCUT2D eigenvalue weighted by Crippen LogP contribution is 2.44. The second-order valence-corrected chi connectivity index (χ2v) is 12.7. The van der Waals surface area contributed by atoms with Crippen molar-refractivity contribution in [2.24, 2.45) is 0 Å². The number of nitrogens with zero attached hydrogens (tertiary/aromatic N) is 4. The molecule has 0 radical (unpaired) electrons. The molecule has 3 saturated heterocycles. The number of anilines is 1. The first-order valence-electron chi connectivity index (χ1n) is 15.4. The number of rotatable bonds is 7. The lowest BCUT2D eigenvalue weighted by Crippen LogP contribution is -2.51. The number of phenolic OH excluding ortho intramolecular Hbond substituents is 1. The number of benzene rings is 3. The van der Waals surface area contributed by atoms with E-state index >= 15 is 8.78 Å². The van der Waals surface area contributed by atoms with E-state index in [-0.39, 0.29) is 39.9 Å². The number of piperazine rings is 1. The van der Waals surface area contributed by atoms with Crippen molar-refractivity contribution in [3.05, 3.63) is 53.1 Å². The average Bonchev–Trinajstić information content (AvgIpc) is 3.33. The summed E-state index contributed by atoms with van der Waals surface area (Å²) >= 11 is 6.77. The summed E-state index contributed by atoms with van der Waals surface area (Å²) in [6, 6.07) is 10.5. The topological polar surface area (TPSA) is 83.0 Å². The summed E-state index contributed by atoms with van der Waals surface area (Å²) in [5, 5.41) is 15.5. The van der Waals surface area contributed by atoms with Crippen molar-refractivity contribution >= 4 is 39.1 Å². The Bertz CT molecular complexity index is 1700. The van der Waals surface area contributed by atoms with Gasteiger partial charge in [0.2, 0.25) is 0 Å². The molecular formula is C33H36ClF2N5O3. The molecule has 0 aliphatic carbocycles. The van der Waals surface area contributed by atoms with Gasteiger partial charge in [-0.15, -0.1) is 0 Å². The monoisotopic (exact) mass is 623 g/mol. The number of nitrogens with one attached hydrogen (secondary N) is 1. The predicted octanol–water partition coefficient (Wildman–Crippen LogP) is 5.91. The molecule has 4 atom stereocenters. The number of phenols is 1. The minimum absolute atomic E-state index is 0.00191. The Kier molecular flexibility index (Phi) is 7.95. The van der Waals surface area contributed by atoms with E-state index in [1.54, 1.807) is 30.3 Å². The molecular weight excluding hydrogens is 588 g/mol. The summed E-state index contributed by atoms with van der Waals surface area (Å²) in [7, 11) is 0. The first-order chi connectivity index (χ1) is 21.2. The molecule has 3 aliphatic heterocycles. The van der Waals surface area contributed by atoms with Gasteiger partial charge < -0.3 is 24.8 Å². The quantitative estimate of drug-likeness (QED) is 0.246. The minimum atomic E-state index is -0.944. The number of aromatic hydroxyl groups is 1. The second-order valence-electron chi connectivity index (χ2n) is 12.3. The van der Waals surface area contributed by atoms with Gasteiger partial charge in [0.25, 0.3) is 0 Å². The van der Waals surface area contributed by atoms with Gasteiger partial charge in [0, 0.05) is 61.3 Å². The SMILES string of the molecule is CC1CN(CCCOc2nc(N3CC4CCC(C3)N4)c3cc(Cl)c(-c4c(F)c(O)cc5ccccc45)c(F)c3n2)CC(C)O1. The van der Waals surface area contributed by atoms with E-state index in [1.165, 1.54) is 6.07 Å². The van der Waals surface area contributed by atoms with E-state index < -0.39 is 17.4 Å². The molecule has 4 unspecified atom stereocenters. The fraction of sp³-hybridized carbons (Fsp3) is 0.455. The van der Waals surface area contributed by atoms with Crippen LogP contribution in [0.1, 0.15) is 33.1 Å². The highest BCUT2D eigenvalue weighted by atomic mass is 35.5. The van der Waals surface area contributed by atoms with E-state index in [1.807, 2.05) is 0 Å². The molecule has 2 bridgehead atoms. The predicted molar refractivity (Wildman–Crippen MR) is 168 cm³/mol. The summed E-state index contributed by atoms with van der Waals surface area (Å²) in [5.74, 6) is -1.76. The highest BCUT2D eigenvalue weighted by molar-refractivity contribution is 6.35. The fourth-order valence-corrected chi connectivity index (χ4v) is 7.42. The molecule has 2 N–H and O–H groups in total. The zero-order valence-corrected chi connectivity index (χ0v) is 25.6. The third-order valence-corrected chi connectivity index (χ3v) is 9.22. The van der Waals surface area contributed by atoms with Crippen LogP contribution in [0.25, 0.3) is 32.8 Å². The van der Waals surface area contributed by atoms with Crippen LogP contribution in [-0.2, 0) is 4.74 Å². The number of aromatic nitrogens is 2. The van der Waals surface area contributed by atoms with Crippen LogP contribution >= 0.6 is 11.6 Å². The fourth-order valence-electron chi connectivity index (χ4n) is 7.14. The zero-order valence-electron chi connectivity index (χ0n) is 24.8. The molecule has 4 heterocycles. The largest absolute Gasteiger partial charge is 0.505 e. The van der Waals surface area contributed by atoms with Gasteiger partial charge in [-0.25, -0.2) is 8.78 Å². The number of morpholine rings is 1. The normalized spacial score (nSPS) is 24.0. The van der Waals surface area contributed by atoms with Crippen LogP contribution in [0.3, 0.4) is 0 Å². The zero-order chi connectivity index (χ0) is 30.5. The van der Waals surface area contributed by atoms with Gasteiger partial charge in [0.05, 0.1) is 23.8 Å². The molecule has 3 aromatic carbocycles. The molecule has 0 saturated carbocycles. The number of fused-ring (bicyclic) bond motifs is 4. The van der Waals surface area contributed by atoms with Crippen molar-refractivity contribution in [2.75, 3.05) is 44.2 Å². The molecule has 0 spiro atoms. The molecule has 232 valence electrons. The Morgan fingerprint density at radius 1 is 0.977 bits per heavy atom. The Hall–Kier alpha value is -3.31. The van der Waals surface area contributed by atoms with Gasteiger partial charge >= 0.3 is 6.01 Å². The first-order valence-corrected chi connectivity index (χ1v) is 15.7. The van der Waals surface area contributed by atoms with Crippen LogP contribution in [0.2, 0.25) is 5.02 Å². The second kappa shape index (κ2) is 11.9. The summed E-state index contributed by atoms with van der Waals surface area (Å²) in [6.07, 6.45) is 3.23. The van der Waals surface area contributed by atoms with Crippen LogP contribution in [0.4, 0.5) is 14.6 Å². The van der Waals surface area contributed by atoms with Gasteiger partial charge in [-0.05, 0) is 56.0 Å². The summed E-state index contributed by atoms with van der Waals surface area (Å²) < 4.78 is 44.2. The van der Waals surface area contributed by atoms with Gasteiger partial charge in [-0.1, -0.05) is 35.9 Å². The van der Waals surface area contributed by atoms with E-state index in [0.29, 0.717) is 53.8 Å². The molecule has 11 heteroatoms. The summed E-state index contributed by atoms with van der Waals surface area (Å²) in [5.41, 5.74) is -0.268. The Morgan fingerprint density at radius 2 is 1.70 bits per heavy atom. The molecule has 3 fully saturated rings. The van der Waals surface area contributed by atoms with Crippen LogP contribution in [-0.4, -0.2) is 83.6 Å². The maximum absolute atomic E-state index is 16.7. The number of ether oxygens (including phenoxy) is 2. The smallest absolute Gasteiger partial charge is 0.319 e. The third-order valence-electron chi connectivity index (χ3n) is 8.92. The standard InChI is InChI=1S/C33H36ClF2N5O3/c1-18-14-40(15-19(2)44-18)10-5-11-43-33-38-31-24(32(39-33)41-16-21-8-9-22(17-41)37-21)13-25(34)28(30(31)36)27-23-7-4-3-6-20(23)12-26(42)29(27)35/h3-4,6-7,12-13,18-19,21-22,37,42H,5,8-11,14-17H2,1-2H3. The van der Waals surface area contributed by atoms with E-state index in [4.69, 9.17) is 26.1 Å². The maximum Gasteiger partial charge on any atom is 0.319 e. The van der Waals surface area contributed by atoms with Crippen LogP contribution in [0.15, 0.2) is 36.4 Å². The molecule has 8 nitrogen and oxygen atoms in total. The van der Waals surface area contributed by atoms with Crippen molar-refractivity contribution in [1.29, 1.82) is 0 Å². The van der Waals surface area contributed by atoms with Crippen LogP contribution < -0.4 is 15.0 Å². The van der Waals surface area contributed by atoms with Crippen molar-refractivity contribution in [3.63, 3.8) is 0 Å². The minimum Gasteiger partial charge on any atom is -0.505 e. The maximum atomic E-state index is 16.7. The Labute approximate surface area is 259 Å². The third kappa shape index (κ3) is 5.53. The molecule has 3 aliphatic rings. The van der Waals surface area contributed by atoms with Gasteiger partial charge in [0.1, 0.15) is 11.3 Å². The average molecular weight is 624 g/mol.